The van der Waals surface area contributed by atoms with Crippen molar-refractivity contribution in [2.45, 2.75) is 420 Å². The predicted molar refractivity (Wildman–Crippen MR) is 395 cm³/mol. The second-order valence-electron chi connectivity index (χ2n) is 29.5. The second kappa shape index (κ2) is 68.5. The van der Waals surface area contributed by atoms with Gasteiger partial charge in [0.1, 0.15) is 19.3 Å². The average Bonchev–Trinajstić information content (AvgIpc) is 3.47. The summed E-state index contributed by atoms with van der Waals surface area (Å²) in [5, 5.41) is 10.6. The standard InChI is InChI=1S/C78H152O17P2/c1-8-9-10-42-52-59-75(80)88-65-73(94-77(82)61-54-48-41-35-29-23-17-15-20-26-32-38-45-51-58-71(6)7)67-92-96(84,85)90-63-72(79)64-91-97(86,87)93-68-74(66-89-76(81)60-53-46-39-33-27-21-16-14-19-25-31-37-44-50-57-70(4)5)95-78(83)62-55-47-40-34-28-22-13-11-12-18-24-30-36-43-49-56-69(2)3/h69-74,79H,8-68H2,1-7H3,(H,84,85)(H,86,87)/t72-,73+,74+/m0/s1. The van der Waals surface area contributed by atoms with Crippen LogP contribution in [0, 0.1) is 17.8 Å². The third-order valence-electron chi connectivity index (χ3n) is 18.1. The minimum atomic E-state index is -4.96. The molecule has 0 aliphatic carbocycles. The van der Waals surface area contributed by atoms with Crippen molar-refractivity contribution in [3.05, 3.63) is 0 Å². The Morgan fingerprint density at radius 3 is 0.701 bits per heavy atom. The lowest BCUT2D eigenvalue weighted by Crippen LogP contribution is -2.30. The molecule has 0 heterocycles. The summed E-state index contributed by atoms with van der Waals surface area (Å²) in [6.45, 7) is 11.9. The van der Waals surface area contributed by atoms with E-state index in [0.717, 1.165) is 114 Å². The van der Waals surface area contributed by atoms with E-state index in [-0.39, 0.29) is 25.7 Å². The van der Waals surface area contributed by atoms with Crippen LogP contribution in [-0.2, 0) is 65.4 Å². The Labute approximate surface area is 594 Å². The first kappa shape index (κ1) is 95.1. The van der Waals surface area contributed by atoms with E-state index in [9.17, 15) is 43.2 Å². The number of ether oxygens (including phenoxy) is 4. The van der Waals surface area contributed by atoms with Gasteiger partial charge in [-0.2, -0.15) is 0 Å². The molecular weight excluding hydrogens is 1270 g/mol. The lowest BCUT2D eigenvalue weighted by Gasteiger charge is -2.21. The Kier molecular flexibility index (Phi) is 67.1. The Hall–Kier alpha value is -1.94. The van der Waals surface area contributed by atoms with Crippen LogP contribution >= 0.6 is 15.6 Å². The maximum absolute atomic E-state index is 13.1. The van der Waals surface area contributed by atoms with Crippen molar-refractivity contribution in [1.29, 1.82) is 0 Å². The summed E-state index contributed by atoms with van der Waals surface area (Å²) in [6, 6.07) is 0. The number of esters is 4. The third kappa shape index (κ3) is 72.2. The number of phosphoric acid groups is 2. The van der Waals surface area contributed by atoms with Gasteiger partial charge in [-0.05, 0) is 43.4 Å². The maximum atomic E-state index is 13.1. The molecule has 0 amide bonds. The van der Waals surface area contributed by atoms with E-state index in [0.29, 0.717) is 25.7 Å². The van der Waals surface area contributed by atoms with E-state index in [4.69, 9.17) is 37.0 Å². The molecule has 2 unspecified atom stereocenters. The van der Waals surface area contributed by atoms with Crippen molar-refractivity contribution < 1.29 is 80.2 Å². The van der Waals surface area contributed by atoms with Gasteiger partial charge in [0.15, 0.2) is 12.2 Å². The van der Waals surface area contributed by atoms with Crippen molar-refractivity contribution in [3.8, 4) is 0 Å². The van der Waals surface area contributed by atoms with Gasteiger partial charge in [0.25, 0.3) is 0 Å². The molecule has 0 saturated carbocycles. The molecule has 3 N–H and O–H groups in total. The third-order valence-corrected chi connectivity index (χ3v) is 20.0. The zero-order valence-electron chi connectivity index (χ0n) is 63.5. The van der Waals surface area contributed by atoms with Gasteiger partial charge in [0.2, 0.25) is 0 Å². The first-order valence-electron chi connectivity index (χ1n) is 40.3. The second-order valence-corrected chi connectivity index (χ2v) is 32.4. The molecule has 0 aromatic rings. The lowest BCUT2D eigenvalue weighted by molar-refractivity contribution is -0.161. The van der Waals surface area contributed by atoms with Gasteiger partial charge in [0.05, 0.1) is 26.4 Å². The Morgan fingerprint density at radius 2 is 0.474 bits per heavy atom. The highest BCUT2D eigenvalue weighted by Crippen LogP contribution is 2.45. The molecule has 5 atom stereocenters. The highest BCUT2D eigenvalue weighted by atomic mass is 31.2. The molecule has 0 saturated heterocycles. The van der Waals surface area contributed by atoms with Gasteiger partial charge in [-0.25, -0.2) is 9.13 Å². The Morgan fingerprint density at radius 1 is 0.278 bits per heavy atom. The predicted octanol–water partition coefficient (Wildman–Crippen LogP) is 23.0. The minimum absolute atomic E-state index is 0.106. The van der Waals surface area contributed by atoms with Crippen LogP contribution in [0.2, 0.25) is 0 Å². The normalized spacial score (nSPS) is 14.0. The van der Waals surface area contributed by atoms with E-state index < -0.39 is 97.5 Å². The summed E-state index contributed by atoms with van der Waals surface area (Å²) in [5.41, 5.74) is 0. The number of carbonyl (C=O) groups is 4. The van der Waals surface area contributed by atoms with Crippen molar-refractivity contribution in [1.82, 2.24) is 0 Å². The minimum Gasteiger partial charge on any atom is -0.462 e. The Bertz CT molecular complexity index is 1890. The molecule has 0 aromatic carbocycles. The first-order valence-corrected chi connectivity index (χ1v) is 43.3. The number of phosphoric ester groups is 2. The summed E-state index contributed by atoms with van der Waals surface area (Å²) in [4.78, 5) is 72.6. The van der Waals surface area contributed by atoms with Crippen LogP contribution < -0.4 is 0 Å². The van der Waals surface area contributed by atoms with Crippen LogP contribution in [-0.4, -0.2) is 96.7 Å². The number of unbranched alkanes of at least 4 members (excludes halogenated alkanes) is 44. The molecule has 0 rings (SSSR count). The summed E-state index contributed by atoms with van der Waals surface area (Å²) in [6.07, 6.45) is 55.9. The molecule has 0 aliphatic heterocycles. The fourth-order valence-corrected chi connectivity index (χ4v) is 13.5. The van der Waals surface area contributed by atoms with E-state index >= 15 is 0 Å². The van der Waals surface area contributed by atoms with E-state index in [1.165, 1.54) is 205 Å². The van der Waals surface area contributed by atoms with Crippen LogP contribution in [0.5, 0.6) is 0 Å². The zero-order chi connectivity index (χ0) is 71.6. The number of rotatable bonds is 76. The molecule has 0 aliphatic rings. The zero-order valence-corrected chi connectivity index (χ0v) is 65.3. The number of aliphatic hydroxyl groups excluding tert-OH is 1. The largest absolute Gasteiger partial charge is 0.472 e. The molecule has 0 bridgehead atoms. The van der Waals surface area contributed by atoms with Crippen molar-refractivity contribution in [2.24, 2.45) is 17.8 Å². The van der Waals surface area contributed by atoms with Gasteiger partial charge in [-0.15, -0.1) is 0 Å². The fraction of sp³-hybridized carbons (Fsp3) is 0.949. The molecule has 97 heavy (non-hydrogen) atoms. The molecule has 0 radical (unpaired) electrons. The highest BCUT2D eigenvalue weighted by Gasteiger charge is 2.30. The number of carbonyl (C=O) groups excluding carboxylic acids is 4. The fourth-order valence-electron chi connectivity index (χ4n) is 12.0. The number of hydrogen-bond acceptors (Lipinski definition) is 15. The van der Waals surface area contributed by atoms with E-state index in [1.807, 2.05) is 0 Å². The number of hydrogen-bond donors (Lipinski definition) is 3. The molecule has 0 fully saturated rings. The van der Waals surface area contributed by atoms with Crippen molar-refractivity contribution >= 4 is 39.5 Å². The molecule has 19 heteroatoms. The molecule has 0 spiro atoms. The van der Waals surface area contributed by atoms with Gasteiger partial charge >= 0.3 is 39.5 Å². The summed E-state index contributed by atoms with van der Waals surface area (Å²) in [5.74, 6) is 0.272. The molecule has 576 valence electrons. The summed E-state index contributed by atoms with van der Waals surface area (Å²) >= 11 is 0. The summed E-state index contributed by atoms with van der Waals surface area (Å²) in [7, 11) is -9.91. The SMILES string of the molecule is CCCCCCCC(=O)OC[C@H](COP(=O)(O)OC[C@H](O)COP(=O)(O)OC[C@@H](COC(=O)CCCCCCCCCCCCCCCCC(C)C)OC(=O)CCCCCCCCCCCCCCCCCC(C)C)OC(=O)CCCCCCCCCCCCCCCCC(C)C. The van der Waals surface area contributed by atoms with Crippen LogP contribution in [0.3, 0.4) is 0 Å². The monoisotopic (exact) mass is 1420 g/mol. The smallest absolute Gasteiger partial charge is 0.462 e. The maximum Gasteiger partial charge on any atom is 0.472 e. The van der Waals surface area contributed by atoms with E-state index in [1.54, 1.807) is 0 Å². The van der Waals surface area contributed by atoms with Crippen molar-refractivity contribution in [2.75, 3.05) is 39.6 Å². The van der Waals surface area contributed by atoms with E-state index in [2.05, 4.69) is 48.5 Å². The number of aliphatic hydroxyl groups is 1. The Balaban J connectivity index is 5.13. The first-order chi connectivity index (χ1) is 46.7. The summed E-state index contributed by atoms with van der Waals surface area (Å²) < 4.78 is 68.4. The topological polar surface area (TPSA) is 237 Å². The van der Waals surface area contributed by atoms with Gasteiger partial charge in [-0.3, -0.25) is 37.3 Å². The quantitative estimate of drug-likeness (QED) is 0.0222. The van der Waals surface area contributed by atoms with Crippen LogP contribution in [0.25, 0.3) is 0 Å². The highest BCUT2D eigenvalue weighted by molar-refractivity contribution is 7.47. The van der Waals surface area contributed by atoms with Crippen LogP contribution in [0.4, 0.5) is 0 Å². The lowest BCUT2D eigenvalue weighted by atomic mass is 10.0. The average molecular weight is 1420 g/mol. The van der Waals surface area contributed by atoms with Gasteiger partial charge in [0, 0.05) is 25.7 Å². The van der Waals surface area contributed by atoms with Crippen molar-refractivity contribution in [3.63, 3.8) is 0 Å². The van der Waals surface area contributed by atoms with Crippen LogP contribution in [0.1, 0.15) is 402 Å². The molecule has 0 aromatic heterocycles. The van der Waals surface area contributed by atoms with Gasteiger partial charge < -0.3 is 33.8 Å². The molecular formula is C78H152O17P2. The van der Waals surface area contributed by atoms with Crippen LogP contribution in [0.15, 0.2) is 0 Å². The molecule has 17 nitrogen and oxygen atoms in total. The van der Waals surface area contributed by atoms with Gasteiger partial charge in [-0.1, -0.05) is 350 Å².